The zero-order chi connectivity index (χ0) is 14.8. The first-order valence-electron chi connectivity index (χ1n) is 8.02. The zero-order valence-electron chi connectivity index (χ0n) is 13.0. The van der Waals surface area contributed by atoms with Crippen molar-refractivity contribution in [1.82, 2.24) is 9.80 Å². The van der Waals surface area contributed by atoms with Crippen molar-refractivity contribution in [3.05, 3.63) is 29.8 Å². The van der Waals surface area contributed by atoms with Gasteiger partial charge in [0.25, 0.3) is 0 Å². The smallest absolute Gasteiger partial charge is 0.245 e. The molecule has 1 amide bonds. The number of hydrogen-bond donors (Lipinski definition) is 1. The Balaban J connectivity index is 1.60. The van der Waals surface area contributed by atoms with Gasteiger partial charge in [-0.1, -0.05) is 18.2 Å². The van der Waals surface area contributed by atoms with Crippen LogP contribution in [-0.2, 0) is 11.2 Å². The number of carbonyl (C=O) groups excluding carboxylic acids is 1. The van der Waals surface area contributed by atoms with Crippen LogP contribution in [-0.4, -0.2) is 54.0 Å². The summed E-state index contributed by atoms with van der Waals surface area (Å²) in [6, 6.07) is 8.83. The van der Waals surface area contributed by atoms with Gasteiger partial charge in [-0.25, -0.2) is 0 Å². The Morgan fingerprint density at radius 1 is 1.19 bits per heavy atom. The highest BCUT2D eigenvalue weighted by molar-refractivity contribution is 5.85. The lowest BCUT2D eigenvalue weighted by Crippen LogP contribution is -2.54. The molecule has 0 saturated carbocycles. The van der Waals surface area contributed by atoms with E-state index in [9.17, 15) is 4.79 Å². The lowest BCUT2D eigenvalue weighted by atomic mass is 9.97. The minimum absolute atomic E-state index is 0.0505. The van der Waals surface area contributed by atoms with Gasteiger partial charge in [0, 0.05) is 37.9 Å². The van der Waals surface area contributed by atoms with E-state index in [1.165, 1.54) is 5.56 Å². The summed E-state index contributed by atoms with van der Waals surface area (Å²) < 4.78 is 0. The van der Waals surface area contributed by atoms with E-state index in [2.05, 4.69) is 42.3 Å². The number of hydrogen-bond acceptors (Lipinski definition) is 3. The number of benzene rings is 1. The number of rotatable bonds is 2. The van der Waals surface area contributed by atoms with Crippen molar-refractivity contribution in [2.24, 2.45) is 0 Å². The molecule has 0 aliphatic carbocycles. The van der Waals surface area contributed by atoms with Crippen LogP contribution >= 0.6 is 0 Å². The molecule has 1 fully saturated rings. The van der Waals surface area contributed by atoms with Gasteiger partial charge in [-0.05, 0) is 38.3 Å². The van der Waals surface area contributed by atoms with E-state index in [4.69, 9.17) is 0 Å². The van der Waals surface area contributed by atoms with Crippen molar-refractivity contribution >= 4 is 11.6 Å². The normalized spacial score (nSPS) is 22.8. The van der Waals surface area contributed by atoms with Crippen LogP contribution in [0.4, 0.5) is 5.69 Å². The summed E-state index contributed by atoms with van der Waals surface area (Å²) in [5.41, 5.74) is 2.45. The van der Waals surface area contributed by atoms with Crippen LogP contribution in [0, 0.1) is 0 Å². The van der Waals surface area contributed by atoms with E-state index in [1.54, 1.807) is 0 Å². The molecule has 3 rings (SSSR count). The average Bonchev–Trinajstić information content (AvgIpc) is 2.54. The molecule has 2 aliphatic heterocycles. The molecule has 1 atom stereocenters. The van der Waals surface area contributed by atoms with E-state index < -0.39 is 0 Å². The van der Waals surface area contributed by atoms with Crippen LogP contribution in [0.3, 0.4) is 0 Å². The molecule has 0 bridgehead atoms. The van der Waals surface area contributed by atoms with E-state index >= 15 is 0 Å². The second-order valence-corrected chi connectivity index (χ2v) is 6.35. The van der Waals surface area contributed by atoms with Gasteiger partial charge in [-0.15, -0.1) is 0 Å². The number of fused-ring (bicyclic) bond motifs is 1. The van der Waals surface area contributed by atoms with Gasteiger partial charge in [-0.3, -0.25) is 9.69 Å². The molecule has 1 unspecified atom stereocenters. The highest BCUT2D eigenvalue weighted by atomic mass is 16.2. The number of nitrogens with zero attached hydrogens (tertiary/aromatic N) is 2. The number of para-hydroxylation sites is 1. The molecular weight excluding hydrogens is 262 g/mol. The van der Waals surface area contributed by atoms with Crippen LogP contribution in [0.2, 0.25) is 0 Å². The Bertz CT molecular complexity index is 507. The summed E-state index contributed by atoms with van der Waals surface area (Å²) in [5, 5.41) is 3.42. The monoisotopic (exact) mass is 287 g/mol. The molecule has 114 valence electrons. The molecule has 1 saturated heterocycles. The van der Waals surface area contributed by atoms with Gasteiger partial charge >= 0.3 is 0 Å². The summed E-state index contributed by atoms with van der Waals surface area (Å²) in [4.78, 5) is 17.2. The predicted molar refractivity (Wildman–Crippen MR) is 85.5 cm³/mol. The third-order valence-corrected chi connectivity index (χ3v) is 4.70. The number of carbonyl (C=O) groups is 1. The van der Waals surface area contributed by atoms with Crippen LogP contribution in [0.5, 0.6) is 0 Å². The second kappa shape index (κ2) is 6.06. The highest BCUT2D eigenvalue weighted by Gasteiger charge is 2.30. The standard InChI is InChI=1S/C17H25N3O/c1-13(2)19-9-11-20(12-10-19)17(21)16-8-7-14-5-3-4-6-15(14)18-16/h3-6,13,16,18H,7-12H2,1-2H3. The molecule has 21 heavy (non-hydrogen) atoms. The molecule has 0 spiro atoms. The maximum Gasteiger partial charge on any atom is 0.245 e. The Kier molecular flexibility index (Phi) is 4.15. The molecule has 1 aromatic carbocycles. The number of amides is 1. The molecule has 0 radical (unpaired) electrons. The lowest BCUT2D eigenvalue weighted by molar-refractivity contribution is -0.134. The van der Waals surface area contributed by atoms with Crippen molar-refractivity contribution < 1.29 is 4.79 Å². The molecule has 4 heteroatoms. The number of piperazine rings is 1. The third-order valence-electron chi connectivity index (χ3n) is 4.70. The summed E-state index contributed by atoms with van der Waals surface area (Å²) in [7, 11) is 0. The van der Waals surface area contributed by atoms with E-state index in [1.807, 2.05) is 11.0 Å². The van der Waals surface area contributed by atoms with Gasteiger partial charge in [0.05, 0.1) is 0 Å². The Labute approximate surface area is 127 Å². The van der Waals surface area contributed by atoms with E-state index in [-0.39, 0.29) is 11.9 Å². The quantitative estimate of drug-likeness (QED) is 0.903. The second-order valence-electron chi connectivity index (χ2n) is 6.35. The molecule has 0 aromatic heterocycles. The molecule has 2 heterocycles. The molecule has 1 aromatic rings. The number of aryl methyl sites for hydroxylation is 1. The number of anilines is 1. The van der Waals surface area contributed by atoms with Crippen LogP contribution < -0.4 is 5.32 Å². The predicted octanol–water partition coefficient (Wildman–Crippen LogP) is 1.97. The van der Waals surface area contributed by atoms with Crippen LogP contribution in [0.25, 0.3) is 0 Å². The summed E-state index contributed by atoms with van der Waals surface area (Å²) >= 11 is 0. The fraction of sp³-hybridized carbons (Fsp3) is 0.588. The Hall–Kier alpha value is -1.55. The average molecular weight is 287 g/mol. The maximum atomic E-state index is 12.7. The Morgan fingerprint density at radius 3 is 2.62 bits per heavy atom. The van der Waals surface area contributed by atoms with Gasteiger partial charge < -0.3 is 10.2 Å². The fourth-order valence-electron chi connectivity index (χ4n) is 3.30. The van der Waals surface area contributed by atoms with Crippen LogP contribution in [0.1, 0.15) is 25.8 Å². The van der Waals surface area contributed by atoms with Gasteiger partial charge in [0.2, 0.25) is 5.91 Å². The number of nitrogens with one attached hydrogen (secondary N) is 1. The van der Waals surface area contributed by atoms with Crippen molar-refractivity contribution in [2.45, 2.75) is 38.8 Å². The third kappa shape index (κ3) is 3.05. The maximum absolute atomic E-state index is 12.7. The first-order valence-corrected chi connectivity index (χ1v) is 8.02. The minimum atomic E-state index is -0.0505. The first kappa shape index (κ1) is 14.4. The molecular formula is C17H25N3O. The SMILES string of the molecule is CC(C)N1CCN(C(=O)C2CCc3ccccc3N2)CC1. The topological polar surface area (TPSA) is 35.6 Å². The van der Waals surface area contributed by atoms with Gasteiger partial charge in [0.15, 0.2) is 0 Å². The van der Waals surface area contributed by atoms with Crippen molar-refractivity contribution in [3.63, 3.8) is 0 Å². The summed E-state index contributed by atoms with van der Waals surface area (Å²) in [6.07, 6.45) is 1.89. The van der Waals surface area contributed by atoms with Gasteiger partial charge in [0.1, 0.15) is 6.04 Å². The molecule has 1 N–H and O–H groups in total. The highest BCUT2D eigenvalue weighted by Crippen LogP contribution is 2.25. The minimum Gasteiger partial charge on any atom is -0.373 e. The Morgan fingerprint density at radius 2 is 1.90 bits per heavy atom. The van der Waals surface area contributed by atoms with Crippen molar-refractivity contribution in [1.29, 1.82) is 0 Å². The van der Waals surface area contributed by atoms with E-state index in [0.29, 0.717) is 6.04 Å². The summed E-state index contributed by atoms with van der Waals surface area (Å²) in [5.74, 6) is 0.271. The van der Waals surface area contributed by atoms with Gasteiger partial charge in [-0.2, -0.15) is 0 Å². The zero-order valence-corrected chi connectivity index (χ0v) is 13.0. The summed E-state index contributed by atoms with van der Waals surface area (Å²) in [6.45, 7) is 8.14. The van der Waals surface area contributed by atoms with Crippen molar-refractivity contribution in [3.8, 4) is 0 Å². The first-order chi connectivity index (χ1) is 10.1. The fourth-order valence-corrected chi connectivity index (χ4v) is 3.30. The van der Waals surface area contributed by atoms with Crippen LogP contribution in [0.15, 0.2) is 24.3 Å². The molecule has 2 aliphatic rings. The molecule has 4 nitrogen and oxygen atoms in total. The van der Waals surface area contributed by atoms with E-state index in [0.717, 1.165) is 44.7 Å². The lowest BCUT2D eigenvalue weighted by Gasteiger charge is -2.39. The van der Waals surface area contributed by atoms with Crippen molar-refractivity contribution in [2.75, 3.05) is 31.5 Å². The largest absolute Gasteiger partial charge is 0.373 e.